The molecule has 1 aromatic carbocycles. The van der Waals surface area contributed by atoms with Gasteiger partial charge in [-0.1, -0.05) is 6.07 Å². The highest BCUT2D eigenvalue weighted by Crippen LogP contribution is 2.21. The largest absolute Gasteiger partial charge is 0.438 e. The molecule has 0 fully saturated rings. The summed E-state index contributed by atoms with van der Waals surface area (Å²) in [4.78, 5) is 4.32. The van der Waals surface area contributed by atoms with Crippen molar-refractivity contribution in [3.63, 3.8) is 0 Å². The second-order valence-corrected chi connectivity index (χ2v) is 5.07. The van der Waals surface area contributed by atoms with E-state index in [9.17, 15) is 0 Å². The molecule has 0 unspecified atom stereocenters. The van der Waals surface area contributed by atoms with Gasteiger partial charge in [-0.05, 0) is 32.4 Å². The molecule has 0 aliphatic heterocycles. The quantitative estimate of drug-likeness (QED) is 0.641. The molecule has 0 spiro atoms. The van der Waals surface area contributed by atoms with Gasteiger partial charge in [-0.2, -0.15) is 0 Å². The highest BCUT2D eigenvalue weighted by atomic mass is 16.5. The number of hydrogen-bond donors (Lipinski definition) is 1. The number of para-hydroxylation sites is 1. The molecular formula is C14H20N2O3. The third kappa shape index (κ3) is 3.45. The van der Waals surface area contributed by atoms with Gasteiger partial charge in [-0.15, -0.1) is 0 Å². The van der Waals surface area contributed by atoms with Gasteiger partial charge < -0.3 is 19.6 Å². The Kier molecular flexibility index (Phi) is 4.07. The van der Waals surface area contributed by atoms with Crippen LogP contribution in [0.1, 0.15) is 26.2 Å². The maximum absolute atomic E-state index is 5.82. The minimum absolute atomic E-state index is 0.175. The normalized spacial score (nSPS) is 12.2. The van der Waals surface area contributed by atoms with Crippen molar-refractivity contribution in [2.45, 2.75) is 32.5 Å². The van der Waals surface area contributed by atoms with Crippen molar-refractivity contribution >= 4 is 16.8 Å². The van der Waals surface area contributed by atoms with Gasteiger partial charge >= 0.3 is 0 Å². The zero-order valence-electron chi connectivity index (χ0n) is 11.6. The lowest BCUT2D eigenvalue weighted by molar-refractivity contribution is -0.0147. The van der Waals surface area contributed by atoms with Gasteiger partial charge in [0.05, 0.1) is 11.3 Å². The number of rotatable bonds is 6. The van der Waals surface area contributed by atoms with E-state index in [0.29, 0.717) is 35.9 Å². The zero-order valence-corrected chi connectivity index (χ0v) is 11.6. The Labute approximate surface area is 112 Å². The molecule has 0 radical (unpaired) electrons. The van der Waals surface area contributed by atoms with Crippen LogP contribution < -0.4 is 5.73 Å². The first-order valence-electron chi connectivity index (χ1n) is 6.28. The van der Waals surface area contributed by atoms with Gasteiger partial charge in [0.2, 0.25) is 5.89 Å². The first-order chi connectivity index (χ1) is 9.02. The summed E-state index contributed by atoms with van der Waals surface area (Å²) in [6, 6.07) is 5.49. The summed E-state index contributed by atoms with van der Waals surface area (Å²) >= 11 is 0. The first-order valence-corrected chi connectivity index (χ1v) is 6.28. The molecule has 104 valence electrons. The molecule has 19 heavy (non-hydrogen) atoms. The zero-order chi connectivity index (χ0) is 13.9. The summed E-state index contributed by atoms with van der Waals surface area (Å²) in [6.45, 7) is 4.98. The molecule has 0 saturated heterocycles. The predicted molar refractivity (Wildman–Crippen MR) is 73.8 cm³/mol. The second kappa shape index (κ2) is 5.59. The molecule has 0 bridgehead atoms. The number of hydrogen-bond acceptors (Lipinski definition) is 5. The summed E-state index contributed by atoms with van der Waals surface area (Å²) in [5.74, 6) is 0.545. The Balaban J connectivity index is 1.90. The van der Waals surface area contributed by atoms with Crippen molar-refractivity contribution in [2.75, 3.05) is 19.5 Å². The van der Waals surface area contributed by atoms with Crippen molar-refractivity contribution < 1.29 is 13.9 Å². The van der Waals surface area contributed by atoms with Crippen LogP contribution in [0.2, 0.25) is 0 Å². The molecule has 2 rings (SSSR count). The fourth-order valence-electron chi connectivity index (χ4n) is 1.66. The number of benzene rings is 1. The highest BCUT2D eigenvalue weighted by Gasteiger charge is 2.16. The summed E-state index contributed by atoms with van der Waals surface area (Å²) < 4.78 is 16.4. The molecule has 0 saturated carbocycles. The van der Waals surface area contributed by atoms with E-state index in [1.165, 1.54) is 0 Å². The molecule has 0 amide bonds. The Morgan fingerprint density at radius 2 is 2.16 bits per heavy atom. The number of oxazole rings is 1. The van der Waals surface area contributed by atoms with Crippen LogP contribution in [-0.4, -0.2) is 24.3 Å². The number of ether oxygens (including phenoxy) is 2. The Bertz CT molecular complexity index is 549. The van der Waals surface area contributed by atoms with Gasteiger partial charge in [0.25, 0.3) is 0 Å². The van der Waals surface area contributed by atoms with Gasteiger partial charge in [0, 0.05) is 13.7 Å². The van der Waals surface area contributed by atoms with Crippen LogP contribution in [0.15, 0.2) is 22.6 Å². The monoisotopic (exact) mass is 264 g/mol. The van der Waals surface area contributed by atoms with Crippen molar-refractivity contribution in [1.29, 1.82) is 0 Å². The molecule has 2 N–H and O–H groups in total. The summed E-state index contributed by atoms with van der Waals surface area (Å²) in [7, 11) is 1.70. The van der Waals surface area contributed by atoms with Crippen molar-refractivity contribution in [3.8, 4) is 0 Å². The number of methoxy groups -OCH3 is 1. The van der Waals surface area contributed by atoms with Crippen molar-refractivity contribution in [3.05, 3.63) is 24.1 Å². The number of aromatic nitrogens is 1. The van der Waals surface area contributed by atoms with E-state index < -0.39 is 0 Å². The standard InChI is InChI=1S/C14H20N2O3/c1-14(2,17-3)7-8-18-9-12-16-13-10(15)5-4-6-11(13)19-12/h4-6H,7-9,15H2,1-3H3. The third-order valence-corrected chi connectivity index (χ3v) is 3.12. The van der Waals surface area contributed by atoms with Crippen LogP contribution in [0.25, 0.3) is 11.1 Å². The van der Waals surface area contributed by atoms with Crippen molar-refractivity contribution in [1.82, 2.24) is 4.98 Å². The lowest BCUT2D eigenvalue weighted by atomic mass is 10.1. The van der Waals surface area contributed by atoms with Gasteiger partial charge in [-0.3, -0.25) is 0 Å². The Morgan fingerprint density at radius 1 is 1.37 bits per heavy atom. The third-order valence-electron chi connectivity index (χ3n) is 3.12. The molecule has 5 nitrogen and oxygen atoms in total. The van der Waals surface area contributed by atoms with Crippen LogP contribution in [-0.2, 0) is 16.1 Å². The minimum atomic E-state index is -0.175. The number of nitrogen functional groups attached to an aromatic ring is 1. The Morgan fingerprint density at radius 3 is 2.84 bits per heavy atom. The molecule has 1 aromatic heterocycles. The molecule has 1 heterocycles. The van der Waals surface area contributed by atoms with Crippen LogP contribution in [0.5, 0.6) is 0 Å². The molecule has 2 aromatic rings. The van der Waals surface area contributed by atoms with E-state index in [4.69, 9.17) is 19.6 Å². The van der Waals surface area contributed by atoms with Crippen LogP contribution in [0.3, 0.4) is 0 Å². The summed E-state index contributed by atoms with van der Waals surface area (Å²) in [5.41, 5.74) is 7.65. The number of nitrogens with two attached hydrogens (primary N) is 1. The van der Waals surface area contributed by atoms with Crippen molar-refractivity contribution in [2.24, 2.45) is 0 Å². The average molecular weight is 264 g/mol. The lowest BCUT2D eigenvalue weighted by Gasteiger charge is -2.22. The summed E-state index contributed by atoms with van der Waals surface area (Å²) in [5, 5.41) is 0. The average Bonchev–Trinajstić information content (AvgIpc) is 2.79. The molecule has 5 heteroatoms. The van der Waals surface area contributed by atoms with E-state index in [-0.39, 0.29) is 5.60 Å². The molecular weight excluding hydrogens is 244 g/mol. The SMILES string of the molecule is COC(C)(C)CCOCc1nc2c(N)cccc2o1. The molecule has 0 atom stereocenters. The van der Waals surface area contributed by atoms with E-state index in [2.05, 4.69) is 4.98 Å². The van der Waals surface area contributed by atoms with E-state index >= 15 is 0 Å². The van der Waals surface area contributed by atoms with E-state index in [0.717, 1.165) is 6.42 Å². The lowest BCUT2D eigenvalue weighted by Crippen LogP contribution is -2.24. The highest BCUT2D eigenvalue weighted by molar-refractivity contribution is 5.85. The topological polar surface area (TPSA) is 70.5 Å². The van der Waals surface area contributed by atoms with E-state index in [1.807, 2.05) is 26.0 Å². The Hall–Kier alpha value is -1.59. The van der Waals surface area contributed by atoms with Crippen LogP contribution in [0.4, 0.5) is 5.69 Å². The first kappa shape index (κ1) is 13.8. The smallest absolute Gasteiger partial charge is 0.221 e. The maximum atomic E-state index is 5.82. The van der Waals surface area contributed by atoms with Crippen LogP contribution >= 0.6 is 0 Å². The molecule has 0 aliphatic rings. The number of nitrogens with zero attached hydrogens (tertiary/aromatic N) is 1. The second-order valence-electron chi connectivity index (χ2n) is 5.07. The van der Waals surface area contributed by atoms with Crippen LogP contribution in [0, 0.1) is 0 Å². The van der Waals surface area contributed by atoms with Gasteiger partial charge in [0.1, 0.15) is 12.1 Å². The predicted octanol–water partition coefficient (Wildman–Crippen LogP) is 2.74. The van der Waals surface area contributed by atoms with E-state index in [1.54, 1.807) is 13.2 Å². The minimum Gasteiger partial charge on any atom is -0.438 e. The van der Waals surface area contributed by atoms with Gasteiger partial charge in [-0.25, -0.2) is 4.98 Å². The molecule has 0 aliphatic carbocycles. The fourth-order valence-corrected chi connectivity index (χ4v) is 1.66. The summed E-state index contributed by atoms with van der Waals surface area (Å²) in [6.07, 6.45) is 0.811. The van der Waals surface area contributed by atoms with Gasteiger partial charge in [0.15, 0.2) is 5.58 Å². The number of fused-ring (bicyclic) bond motifs is 1. The maximum Gasteiger partial charge on any atom is 0.221 e. The fraction of sp³-hybridized carbons (Fsp3) is 0.500. The number of anilines is 1.